The van der Waals surface area contributed by atoms with E-state index in [1.165, 1.54) is 0 Å². The highest BCUT2D eigenvalue weighted by molar-refractivity contribution is 6.30. The van der Waals surface area contributed by atoms with Crippen LogP contribution in [0, 0.1) is 6.92 Å². The van der Waals surface area contributed by atoms with Gasteiger partial charge in [0.15, 0.2) is 0 Å². The van der Waals surface area contributed by atoms with Crippen LogP contribution in [0.25, 0.3) is 0 Å². The molecule has 0 aliphatic carbocycles. The van der Waals surface area contributed by atoms with Crippen LogP contribution in [0.5, 0.6) is 11.5 Å². The molecule has 0 saturated carbocycles. The standard InChI is InChI=1S/C20H24ClNO3/c1-13(10-15-6-8-17(21)9-7-15)22(3)20(23)16-11-18(24-4)14(2)19(12-16)25-5/h6-9,11-13H,10H2,1-5H3. The fourth-order valence-corrected chi connectivity index (χ4v) is 2.84. The lowest BCUT2D eigenvalue weighted by Crippen LogP contribution is -2.36. The topological polar surface area (TPSA) is 38.8 Å². The molecule has 1 unspecified atom stereocenters. The molecule has 0 aliphatic rings. The van der Waals surface area contributed by atoms with Crippen molar-refractivity contribution in [2.75, 3.05) is 21.3 Å². The van der Waals surface area contributed by atoms with Gasteiger partial charge in [0.05, 0.1) is 14.2 Å². The summed E-state index contributed by atoms with van der Waals surface area (Å²) in [4.78, 5) is 14.6. The summed E-state index contributed by atoms with van der Waals surface area (Å²) in [5.74, 6) is 1.21. The second-order valence-corrected chi connectivity index (χ2v) is 6.54. The third-order valence-electron chi connectivity index (χ3n) is 4.43. The van der Waals surface area contributed by atoms with E-state index in [2.05, 4.69) is 0 Å². The van der Waals surface area contributed by atoms with Crippen LogP contribution in [0.15, 0.2) is 36.4 Å². The molecule has 5 heteroatoms. The summed E-state index contributed by atoms with van der Waals surface area (Å²) in [7, 11) is 4.98. The number of likely N-dealkylation sites (N-methyl/N-ethyl adjacent to an activating group) is 1. The summed E-state index contributed by atoms with van der Waals surface area (Å²) >= 11 is 5.92. The Morgan fingerprint density at radius 2 is 1.64 bits per heavy atom. The molecule has 25 heavy (non-hydrogen) atoms. The summed E-state index contributed by atoms with van der Waals surface area (Å²) in [5.41, 5.74) is 2.55. The van der Waals surface area contributed by atoms with Gasteiger partial charge in [0.25, 0.3) is 5.91 Å². The van der Waals surface area contributed by atoms with Gasteiger partial charge in [0.2, 0.25) is 0 Å². The molecular weight excluding hydrogens is 338 g/mol. The Balaban J connectivity index is 2.19. The van der Waals surface area contributed by atoms with Crippen molar-refractivity contribution in [1.29, 1.82) is 0 Å². The highest BCUT2D eigenvalue weighted by atomic mass is 35.5. The van der Waals surface area contributed by atoms with Crippen LogP contribution in [0.3, 0.4) is 0 Å². The molecule has 0 saturated heterocycles. The van der Waals surface area contributed by atoms with Crippen molar-refractivity contribution in [3.05, 3.63) is 58.1 Å². The maximum atomic E-state index is 12.9. The molecule has 0 fully saturated rings. The Kier molecular flexibility index (Phi) is 6.32. The Morgan fingerprint density at radius 1 is 1.12 bits per heavy atom. The summed E-state index contributed by atoms with van der Waals surface area (Å²) in [6, 6.07) is 11.2. The van der Waals surface area contributed by atoms with Crippen molar-refractivity contribution in [3.63, 3.8) is 0 Å². The lowest BCUT2D eigenvalue weighted by atomic mass is 10.0. The van der Waals surface area contributed by atoms with E-state index in [1.54, 1.807) is 31.3 Å². The molecule has 2 rings (SSSR count). The smallest absolute Gasteiger partial charge is 0.254 e. The minimum atomic E-state index is -0.0712. The number of methoxy groups -OCH3 is 2. The monoisotopic (exact) mass is 361 g/mol. The average Bonchev–Trinajstić information content (AvgIpc) is 2.62. The lowest BCUT2D eigenvalue weighted by Gasteiger charge is -2.26. The Hall–Kier alpha value is -2.20. The van der Waals surface area contributed by atoms with Gasteiger partial charge in [0, 0.05) is 29.2 Å². The highest BCUT2D eigenvalue weighted by Gasteiger charge is 2.20. The molecule has 0 N–H and O–H groups in total. The molecule has 2 aromatic carbocycles. The number of halogens is 1. The minimum absolute atomic E-state index is 0.0342. The van der Waals surface area contributed by atoms with Crippen LogP contribution in [-0.4, -0.2) is 38.1 Å². The number of hydrogen-bond donors (Lipinski definition) is 0. The van der Waals surface area contributed by atoms with E-state index in [1.807, 2.05) is 45.2 Å². The van der Waals surface area contributed by atoms with E-state index in [0.29, 0.717) is 22.1 Å². The number of ether oxygens (including phenoxy) is 2. The number of nitrogens with zero attached hydrogens (tertiary/aromatic N) is 1. The lowest BCUT2D eigenvalue weighted by molar-refractivity contribution is 0.0742. The zero-order chi connectivity index (χ0) is 18.6. The van der Waals surface area contributed by atoms with Crippen molar-refractivity contribution < 1.29 is 14.3 Å². The highest BCUT2D eigenvalue weighted by Crippen LogP contribution is 2.30. The number of benzene rings is 2. The van der Waals surface area contributed by atoms with Gasteiger partial charge in [-0.05, 0) is 50.1 Å². The van der Waals surface area contributed by atoms with Gasteiger partial charge >= 0.3 is 0 Å². The summed E-state index contributed by atoms with van der Waals surface area (Å²) in [5, 5.41) is 0.708. The van der Waals surface area contributed by atoms with E-state index in [4.69, 9.17) is 21.1 Å². The molecule has 0 heterocycles. The third-order valence-corrected chi connectivity index (χ3v) is 4.68. The van der Waals surface area contributed by atoms with Gasteiger partial charge in [-0.15, -0.1) is 0 Å². The number of carbonyl (C=O) groups is 1. The van der Waals surface area contributed by atoms with Crippen molar-refractivity contribution >= 4 is 17.5 Å². The average molecular weight is 362 g/mol. The van der Waals surface area contributed by atoms with Gasteiger partial charge in [-0.2, -0.15) is 0 Å². The molecule has 4 nitrogen and oxygen atoms in total. The molecule has 0 aliphatic heterocycles. The van der Waals surface area contributed by atoms with Gasteiger partial charge in [-0.3, -0.25) is 4.79 Å². The zero-order valence-electron chi connectivity index (χ0n) is 15.3. The van der Waals surface area contributed by atoms with Gasteiger partial charge in [0.1, 0.15) is 11.5 Å². The van der Waals surface area contributed by atoms with E-state index < -0.39 is 0 Å². The number of carbonyl (C=O) groups excluding carboxylic acids is 1. The van der Waals surface area contributed by atoms with Crippen LogP contribution >= 0.6 is 11.6 Å². The molecule has 2 aromatic rings. The quantitative estimate of drug-likeness (QED) is 0.766. The van der Waals surface area contributed by atoms with Crippen LogP contribution in [0.1, 0.15) is 28.4 Å². The van der Waals surface area contributed by atoms with Crippen molar-refractivity contribution in [2.45, 2.75) is 26.3 Å². The predicted molar refractivity (Wildman–Crippen MR) is 101 cm³/mol. The molecule has 0 spiro atoms. The van der Waals surface area contributed by atoms with E-state index >= 15 is 0 Å². The summed E-state index contributed by atoms with van der Waals surface area (Å²) < 4.78 is 10.7. The summed E-state index contributed by atoms with van der Waals surface area (Å²) in [6.07, 6.45) is 0.750. The minimum Gasteiger partial charge on any atom is -0.496 e. The Morgan fingerprint density at radius 3 is 2.12 bits per heavy atom. The Labute approximate surface area is 154 Å². The molecule has 0 radical (unpaired) electrons. The first-order valence-corrected chi connectivity index (χ1v) is 8.49. The molecule has 0 aromatic heterocycles. The first-order valence-electron chi connectivity index (χ1n) is 8.11. The van der Waals surface area contributed by atoms with Crippen LogP contribution in [0.2, 0.25) is 5.02 Å². The van der Waals surface area contributed by atoms with E-state index in [0.717, 1.165) is 17.5 Å². The predicted octanol–water partition coefficient (Wildman–Crippen LogP) is 4.37. The SMILES string of the molecule is COc1cc(C(=O)N(C)C(C)Cc2ccc(Cl)cc2)cc(OC)c1C. The third kappa shape index (κ3) is 4.45. The van der Waals surface area contributed by atoms with Crippen LogP contribution < -0.4 is 9.47 Å². The van der Waals surface area contributed by atoms with Crippen molar-refractivity contribution in [3.8, 4) is 11.5 Å². The van der Waals surface area contributed by atoms with Crippen molar-refractivity contribution in [2.24, 2.45) is 0 Å². The maximum Gasteiger partial charge on any atom is 0.254 e. The maximum absolute atomic E-state index is 12.9. The van der Waals surface area contributed by atoms with E-state index in [9.17, 15) is 4.79 Å². The van der Waals surface area contributed by atoms with Crippen LogP contribution in [-0.2, 0) is 6.42 Å². The largest absolute Gasteiger partial charge is 0.496 e. The van der Waals surface area contributed by atoms with E-state index in [-0.39, 0.29) is 11.9 Å². The van der Waals surface area contributed by atoms with Gasteiger partial charge in [-0.25, -0.2) is 0 Å². The molecular formula is C20H24ClNO3. The first-order chi connectivity index (χ1) is 11.9. The fourth-order valence-electron chi connectivity index (χ4n) is 2.71. The zero-order valence-corrected chi connectivity index (χ0v) is 16.1. The number of hydrogen-bond acceptors (Lipinski definition) is 3. The molecule has 1 amide bonds. The number of amides is 1. The van der Waals surface area contributed by atoms with Gasteiger partial charge in [-0.1, -0.05) is 23.7 Å². The Bertz CT molecular complexity index is 718. The molecule has 0 bridgehead atoms. The van der Waals surface area contributed by atoms with Crippen molar-refractivity contribution in [1.82, 2.24) is 4.90 Å². The number of rotatable bonds is 6. The normalized spacial score (nSPS) is 11.8. The second kappa shape index (κ2) is 8.26. The molecule has 1 atom stereocenters. The first kappa shape index (κ1) is 19.1. The van der Waals surface area contributed by atoms with Crippen LogP contribution in [0.4, 0.5) is 0 Å². The summed E-state index contributed by atoms with van der Waals surface area (Å²) in [6.45, 7) is 3.92. The second-order valence-electron chi connectivity index (χ2n) is 6.10. The fraction of sp³-hybridized carbons (Fsp3) is 0.350. The van der Waals surface area contributed by atoms with Gasteiger partial charge < -0.3 is 14.4 Å². The molecule has 134 valence electrons.